The fourth-order valence-electron chi connectivity index (χ4n) is 2.95. The highest BCUT2D eigenvalue weighted by atomic mass is 16.2. The van der Waals surface area contributed by atoms with E-state index < -0.39 is 0 Å². The minimum atomic E-state index is 0.0691. The molecule has 0 aromatic carbocycles. The number of rotatable bonds is 2. The predicted octanol–water partition coefficient (Wildman–Crippen LogP) is 4.12. The Morgan fingerprint density at radius 2 is 0.947 bits per heavy atom. The molecule has 110 valence electrons. The zero-order chi connectivity index (χ0) is 13.3. The minimum absolute atomic E-state index is 0.0691. The number of hydrogen-bond donors (Lipinski definition) is 2. The van der Waals surface area contributed by atoms with E-state index in [1.54, 1.807) is 0 Å². The third kappa shape index (κ3) is 6.84. The molecular weight excluding hydrogens is 236 g/mol. The molecule has 0 aromatic rings. The number of hydrogen-bond acceptors (Lipinski definition) is 1. The van der Waals surface area contributed by atoms with Gasteiger partial charge in [0.1, 0.15) is 0 Å². The number of urea groups is 1. The summed E-state index contributed by atoms with van der Waals surface area (Å²) in [7, 11) is 0. The van der Waals surface area contributed by atoms with E-state index in [0.717, 1.165) is 25.7 Å². The van der Waals surface area contributed by atoms with Crippen LogP contribution in [0.2, 0.25) is 0 Å². The van der Waals surface area contributed by atoms with Crippen molar-refractivity contribution in [1.82, 2.24) is 10.6 Å². The van der Waals surface area contributed by atoms with Crippen LogP contribution in [-0.4, -0.2) is 18.1 Å². The van der Waals surface area contributed by atoms with Crippen LogP contribution in [0.5, 0.6) is 0 Å². The number of nitrogens with one attached hydrogen (secondary N) is 2. The van der Waals surface area contributed by atoms with Gasteiger partial charge in [-0.1, -0.05) is 57.8 Å². The summed E-state index contributed by atoms with van der Waals surface area (Å²) in [4.78, 5) is 11.8. The Morgan fingerprint density at radius 1 is 0.579 bits per heavy atom. The third-order valence-corrected chi connectivity index (χ3v) is 4.35. The highest BCUT2D eigenvalue weighted by Crippen LogP contribution is 2.19. The van der Waals surface area contributed by atoms with Gasteiger partial charge in [-0.3, -0.25) is 0 Å². The van der Waals surface area contributed by atoms with Crippen LogP contribution >= 0.6 is 0 Å². The van der Waals surface area contributed by atoms with Gasteiger partial charge in [-0.05, 0) is 25.7 Å². The van der Waals surface area contributed by atoms with Crippen LogP contribution in [0, 0.1) is 0 Å². The number of carbonyl (C=O) groups is 1. The van der Waals surface area contributed by atoms with Crippen LogP contribution in [0.15, 0.2) is 0 Å². The van der Waals surface area contributed by atoms with Crippen molar-refractivity contribution in [3.05, 3.63) is 0 Å². The number of amides is 2. The molecule has 0 unspecified atom stereocenters. The molecule has 0 saturated heterocycles. The Morgan fingerprint density at radius 3 is 1.37 bits per heavy atom. The van der Waals surface area contributed by atoms with Crippen LogP contribution < -0.4 is 10.6 Å². The molecule has 2 saturated carbocycles. The van der Waals surface area contributed by atoms with Crippen molar-refractivity contribution in [3.63, 3.8) is 0 Å². The van der Waals surface area contributed by atoms with Gasteiger partial charge in [0.15, 0.2) is 0 Å². The highest BCUT2D eigenvalue weighted by molar-refractivity contribution is 5.74. The van der Waals surface area contributed by atoms with E-state index in [1.807, 2.05) is 0 Å². The van der Waals surface area contributed by atoms with Gasteiger partial charge in [0.05, 0.1) is 0 Å². The molecule has 2 N–H and O–H groups in total. The number of carbonyl (C=O) groups excluding carboxylic acids is 1. The molecule has 0 radical (unpaired) electrons. The van der Waals surface area contributed by atoms with Crippen molar-refractivity contribution < 1.29 is 4.79 Å². The lowest BCUT2D eigenvalue weighted by atomic mass is 9.98. The van der Waals surface area contributed by atoms with E-state index in [-0.39, 0.29) is 6.03 Å². The fourth-order valence-corrected chi connectivity index (χ4v) is 2.95. The summed E-state index contributed by atoms with van der Waals surface area (Å²) in [6, 6.07) is 0.934. The average Bonchev–Trinajstić information content (AvgIpc) is 3.16. The first-order chi connectivity index (χ1) is 9.34. The van der Waals surface area contributed by atoms with Gasteiger partial charge in [-0.2, -0.15) is 0 Å². The molecule has 0 aromatic heterocycles. The first-order valence-corrected chi connectivity index (χ1v) is 8.41. The van der Waals surface area contributed by atoms with Gasteiger partial charge in [0, 0.05) is 12.1 Å². The Kier molecular flexibility index (Phi) is 6.52. The molecule has 2 amide bonds. The second-order valence-electron chi connectivity index (χ2n) is 6.35. The van der Waals surface area contributed by atoms with Gasteiger partial charge < -0.3 is 10.6 Å². The van der Waals surface area contributed by atoms with Gasteiger partial charge in [0.25, 0.3) is 0 Å². The van der Waals surface area contributed by atoms with Gasteiger partial charge in [-0.25, -0.2) is 4.79 Å². The molecule has 0 atom stereocenters. The van der Waals surface area contributed by atoms with Crippen molar-refractivity contribution in [3.8, 4) is 0 Å². The molecule has 0 spiro atoms. The molecule has 2 rings (SSSR count). The maximum absolute atomic E-state index is 11.8. The molecule has 19 heavy (non-hydrogen) atoms. The summed E-state index contributed by atoms with van der Waals surface area (Å²) in [6.45, 7) is 0. The lowest BCUT2D eigenvalue weighted by molar-refractivity contribution is 0.234. The Labute approximate surface area is 117 Å². The van der Waals surface area contributed by atoms with E-state index >= 15 is 0 Å². The molecule has 0 bridgehead atoms. The maximum Gasteiger partial charge on any atom is 0.315 e. The van der Waals surface area contributed by atoms with E-state index in [4.69, 9.17) is 0 Å². The summed E-state index contributed by atoms with van der Waals surface area (Å²) in [5, 5.41) is 6.23. The van der Waals surface area contributed by atoms with Crippen molar-refractivity contribution in [2.24, 2.45) is 0 Å². The third-order valence-electron chi connectivity index (χ3n) is 4.35. The van der Waals surface area contributed by atoms with Crippen LogP contribution in [0.1, 0.15) is 83.5 Å². The quantitative estimate of drug-likeness (QED) is 0.775. The van der Waals surface area contributed by atoms with E-state index in [9.17, 15) is 4.79 Å². The monoisotopic (exact) mass is 266 g/mol. The highest BCUT2D eigenvalue weighted by Gasteiger charge is 2.24. The minimum Gasteiger partial charge on any atom is -0.335 e. The first-order valence-electron chi connectivity index (χ1n) is 8.41. The summed E-state index contributed by atoms with van der Waals surface area (Å²) in [5.74, 6) is 0. The maximum atomic E-state index is 11.8. The summed E-state index contributed by atoms with van der Waals surface area (Å²) < 4.78 is 0. The molecule has 2 aliphatic rings. The van der Waals surface area contributed by atoms with Crippen molar-refractivity contribution in [1.29, 1.82) is 0 Å². The molecule has 2 fully saturated rings. The lowest BCUT2D eigenvalue weighted by Crippen LogP contribution is -2.43. The summed E-state index contributed by atoms with van der Waals surface area (Å²) in [6.07, 6.45) is 16.9. The smallest absolute Gasteiger partial charge is 0.315 e. The van der Waals surface area contributed by atoms with Crippen molar-refractivity contribution in [2.75, 3.05) is 0 Å². The summed E-state index contributed by atoms with van der Waals surface area (Å²) in [5.41, 5.74) is 0. The van der Waals surface area contributed by atoms with Crippen LogP contribution in [0.3, 0.4) is 0 Å². The standard InChI is InChI=1S/C16H30N2O/c19-16(18-15-12-13-15)17-14-10-8-6-4-2-1-3-5-7-9-11-14/h14-15H,1-13H2,(H2,17,18,19). The molecular formula is C16H30N2O. The first kappa shape index (κ1) is 14.7. The molecule has 0 heterocycles. The largest absolute Gasteiger partial charge is 0.335 e. The zero-order valence-electron chi connectivity index (χ0n) is 12.3. The Hall–Kier alpha value is -0.730. The van der Waals surface area contributed by atoms with Crippen LogP contribution in [-0.2, 0) is 0 Å². The van der Waals surface area contributed by atoms with Gasteiger partial charge in [0.2, 0.25) is 0 Å². The summed E-state index contributed by atoms with van der Waals surface area (Å²) >= 11 is 0. The van der Waals surface area contributed by atoms with Gasteiger partial charge in [-0.15, -0.1) is 0 Å². The molecule has 3 nitrogen and oxygen atoms in total. The molecule has 0 aliphatic heterocycles. The van der Waals surface area contributed by atoms with Crippen molar-refractivity contribution >= 4 is 6.03 Å². The van der Waals surface area contributed by atoms with Crippen LogP contribution in [0.25, 0.3) is 0 Å². The topological polar surface area (TPSA) is 41.1 Å². The predicted molar refractivity (Wildman–Crippen MR) is 79.3 cm³/mol. The zero-order valence-corrected chi connectivity index (χ0v) is 12.3. The Bertz CT molecular complexity index is 251. The fraction of sp³-hybridized carbons (Fsp3) is 0.938. The second-order valence-corrected chi connectivity index (χ2v) is 6.35. The molecule has 2 aliphatic carbocycles. The van der Waals surface area contributed by atoms with E-state index in [2.05, 4.69) is 10.6 Å². The van der Waals surface area contributed by atoms with E-state index in [0.29, 0.717) is 12.1 Å². The average molecular weight is 266 g/mol. The normalized spacial score (nSPS) is 24.0. The molecule has 3 heteroatoms. The van der Waals surface area contributed by atoms with E-state index in [1.165, 1.54) is 57.8 Å². The Balaban J connectivity index is 1.68. The lowest BCUT2D eigenvalue weighted by Gasteiger charge is -2.19. The van der Waals surface area contributed by atoms with Crippen LogP contribution in [0.4, 0.5) is 4.79 Å². The SMILES string of the molecule is O=C(NC1CCCCCCCCCCC1)NC1CC1. The second kappa shape index (κ2) is 8.44. The van der Waals surface area contributed by atoms with Crippen molar-refractivity contribution in [2.45, 2.75) is 95.6 Å². The van der Waals surface area contributed by atoms with Gasteiger partial charge >= 0.3 is 6.03 Å².